The van der Waals surface area contributed by atoms with Gasteiger partial charge in [-0.15, -0.1) is 0 Å². The molecule has 2 heterocycles. The number of carboxylic acids is 1. The van der Waals surface area contributed by atoms with Crippen molar-refractivity contribution in [2.45, 2.75) is 6.54 Å². The van der Waals surface area contributed by atoms with E-state index in [0.29, 0.717) is 23.3 Å². The zero-order valence-electron chi connectivity index (χ0n) is 10.7. The number of aromatic carboxylic acids is 1. The van der Waals surface area contributed by atoms with Gasteiger partial charge in [0.15, 0.2) is 11.5 Å². The fourth-order valence-corrected chi connectivity index (χ4v) is 2.04. The van der Waals surface area contributed by atoms with Crippen molar-refractivity contribution in [3.63, 3.8) is 0 Å². The lowest BCUT2D eigenvalue weighted by atomic mass is 10.1. The Labute approximate surface area is 117 Å². The Bertz CT molecular complexity index is 846. The molecule has 0 radical (unpaired) electrons. The summed E-state index contributed by atoms with van der Waals surface area (Å²) in [4.78, 5) is 22.8. The monoisotopic (exact) mass is 287 g/mol. The minimum Gasteiger partial charge on any atom is -0.478 e. The van der Waals surface area contributed by atoms with Gasteiger partial charge >= 0.3 is 5.97 Å². The molecule has 0 fully saturated rings. The molecule has 0 saturated heterocycles. The fourth-order valence-electron chi connectivity index (χ4n) is 2.04. The molecule has 21 heavy (non-hydrogen) atoms. The molecular weight excluding hydrogens is 277 g/mol. The van der Waals surface area contributed by atoms with Crippen LogP contribution >= 0.6 is 0 Å². The van der Waals surface area contributed by atoms with Crippen LogP contribution in [0.2, 0.25) is 0 Å². The molecule has 7 nitrogen and oxygen atoms in total. The van der Waals surface area contributed by atoms with Crippen molar-refractivity contribution in [3.8, 4) is 0 Å². The maximum absolute atomic E-state index is 13.7. The molecule has 0 amide bonds. The molecule has 0 spiro atoms. The summed E-state index contributed by atoms with van der Waals surface area (Å²) >= 11 is 0. The Balaban J connectivity index is 1.97. The standard InChI is InChI=1S/C13H10FN5O2/c14-9-3-7(1-2-8(9)13(20)21)4-19-6-18-10-11(15)16-5-17-12(10)19/h1-3,5-6H,4H2,(H,20,21)(H2,15,16,17). The number of aromatic nitrogens is 4. The normalized spacial score (nSPS) is 10.9. The van der Waals surface area contributed by atoms with E-state index in [1.807, 2.05) is 0 Å². The number of carboxylic acid groups (broad SMARTS) is 1. The van der Waals surface area contributed by atoms with E-state index in [4.69, 9.17) is 10.8 Å². The molecule has 0 unspecified atom stereocenters. The van der Waals surface area contributed by atoms with Crippen molar-refractivity contribution in [3.05, 3.63) is 47.8 Å². The highest BCUT2D eigenvalue weighted by atomic mass is 19.1. The SMILES string of the molecule is Nc1ncnc2c1ncn2Cc1ccc(C(=O)O)c(F)c1. The average Bonchev–Trinajstić information content (AvgIpc) is 2.83. The molecule has 1 aromatic carbocycles. The lowest BCUT2D eigenvalue weighted by Gasteiger charge is -2.05. The third kappa shape index (κ3) is 2.27. The van der Waals surface area contributed by atoms with E-state index in [0.717, 1.165) is 0 Å². The second-order valence-electron chi connectivity index (χ2n) is 4.42. The quantitative estimate of drug-likeness (QED) is 0.751. The molecule has 0 aliphatic heterocycles. The van der Waals surface area contributed by atoms with Crippen LogP contribution in [0, 0.1) is 5.82 Å². The first-order valence-corrected chi connectivity index (χ1v) is 5.99. The highest BCUT2D eigenvalue weighted by Crippen LogP contribution is 2.17. The number of hydrogen-bond acceptors (Lipinski definition) is 5. The van der Waals surface area contributed by atoms with E-state index < -0.39 is 11.8 Å². The summed E-state index contributed by atoms with van der Waals surface area (Å²) in [5, 5.41) is 8.80. The summed E-state index contributed by atoms with van der Waals surface area (Å²) in [6.07, 6.45) is 2.85. The van der Waals surface area contributed by atoms with Gasteiger partial charge in [-0.25, -0.2) is 24.1 Å². The minimum absolute atomic E-state index is 0.270. The van der Waals surface area contributed by atoms with Crippen molar-refractivity contribution in [1.29, 1.82) is 0 Å². The Morgan fingerprint density at radius 2 is 2.14 bits per heavy atom. The van der Waals surface area contributed by atoms with Crippen molar-refractivity contribution in [2.75, 3.05) is 5.73 Å². The number of rotatable bonds is 3. The first-order valence-electron chi connectivity index (χ1n) is 5.99. The molecule has 0 saturated carbocycles. The first kappa shape index (κ1) is 13.0. The van der Waals surface area contributed by atoms with Gasteiger partial charge in [0.25, 0.3) is 0 Å². The number of nitrogens with zero attached hydrogens (tertiary/aromatic N) is 4. The predicted octanol–water partition coefficient (Wildman–Crippen LogP) is 1.29. The van der Waals surface area contributed by atoms with Crippen LogP contribution < -0.4 is 5.73 Å². The van der Waals surface area contributed by atoms with E-state index in [9.17, 15) is 9.18 Å². The van der Waals surface area contributed by atoms with Gasteiger partial charge < -0.3 is 15.4 Å². The smallest absolute Gasteiger partial charge is 0.338 e. The zero-order chi connectivity index (χ0) is 15.0. The van der Waals surface area contributed by atoms with Crippen LogP contribution in [-0.2, 0) is 6.54 Å². The number of hydrogen-bond donors (Lipinski definition) is 2. The number of imidazole rings is 1. The maximum atomic E-state index is 13.7. The van der Waals surface area contributed by atoms with Crippen LogP contribution in [0.5, 0.6) is 0 Å². The highest BCUT2D eigenvalue weighted by molar-refractivity contribution is 5.88. The van der Waals surface area contributed by atoms with Crippen LogP contribution in [0.1, 0.15) is 15.9 Å². The first-order chi connectivity index (χ1) is 10.1. The maximum Gasteiger partial charge on any atom is 0.338 e. The minimum atomic E-state index is -1.30. The third-order valence-corrected chi connectivity index (χ3v) is 3.05. The molecule has 0 aliphatic carbocycles. The second kappa shape index (κ2) is 4.82. The number of carbonyl (C=O) groups is 1. The van der Waals surface area contributed by atoms with Crippen LogP contribution in [0.3, 0.4) is 0 Å². The Kier molecular flexibility index (Phi) is 2.98. The van der Waals surface area contributed by atoms with Crippen LogP contribution in [-0.4, -0.2) is 30.6 Å². The molecule has 0 aliphatic rings. The molecule has 8 heteroatoms. The van der Waals surface area contributed by atoms with E-state index in [-0.39, 0.29) is 11.4 Å². The molecule has 0 bridgehead atoms. The largest absolute Gasteiger partial charge is 0.478 e. The molecule has 0 atom stereocenters. The highest BCUT2D eigenvalue weighted by Gasteiger charge is 2.12. The Morgan fingerprint density at radius 1 is 1.33 bits per heavy atom. The van der Waals surface area contributed by atoms with Crippen molar-refractivity contribution < 1.29 is 14.3 Å². The van der Waals surface area contributed by atoms with E-state index in [1.54, 1.807) is 10.6 Å². The van der Waals surface area contributed by atoms with Gasteiger partial charge in [0.05, 0.1) is 18.4 Å². The van der Waals surface area contributed by atoms with E-state index in [2.05, 4.69) is 15.0 Å². The van der Waals surface area contributed by atoms with Gasteiger partial charge in [-0.3, -0.25) is 0 Å². The molecule has 3 aromatic rings. The summed E-state index contributed by atoms with van der Waals surface area (Å²) in [5.41, 5.74) is 6.92. The van der Waals surface area contributed by atoms with Crippen molar-refractivity contribution in [2.24, 2.45) is 0 Å². The third-order valence-electron chi connectivity index (χ3n) is 3.05. The van der Waals surface area contributed by atoms with Gasteiger partial charge in [0.2, 0.25) is 0 Å². The van der Waals surface area contributed by atoms with Gasteiger partial charge in [0.1, 0.15) is 17.7 Å². The number of benzene rings is 1. The second-order valence-corrected chi connectivity index (χ2v) is 4.42. The topological polar surface area (TPSA) is 107 Å². The zero-order valence-corrected chi connectivity index (χ0v) is 10.7. The van der Waals surface area contributed by atoms with Gasteiger partial charge in [-0.1, -0.05) is 6.07 Å². The lowest BCUT2D eigenvalue weighted by Crippen LogP contribution is -2.04. The summed E-state index contributed by atoms with van der Waals surface area (Å²) in [6.45, 7) is 0.295. The predicted molar refractivity (Wildman–Crippen MR) is 72.2 cm³/mol. The molecule has 2 aromatic heterocycles. The molecule has 106 valence electrons. The van der Waals surface area contributed by atoms with Crippen molar-refractivity contribution >= 4 is 23.0 Å². The van der Waals surface area contributed by atoms with E-state index >= 15 is 0 Å². The Morgan fingerprint density at radius 3 is 2.86 bits per heavy atom. The van der Waals surface area contributed by atoms with Crippen molar-refractivity contribution in [1.82, 2.24) is 19.5 Å². The average molecular weight is 287 g/mol. The van der Waals surface area contributed by atoms with Crippen LogP contribution in [0.25, 0.3) is 11.2 Å². The van der Waals surface area contributed by atoms with E-state index in [1.165, 1.54) is 24.8 Å². The lowest BCUT2D eigenvalue weighted by molar-refractivity contribution is 0.0692. The number of nitrogens with two attached hydrogens (primary N) is 1. The summed E-state index contributed by atoms with van der Waals surface area (Å²) in [5.74, 6) is -1.81. The summed E-state index contributed by atoms with van der Waals surface area (Å²) in [6, 6.07) is 3.96. The number of halogens is 1. The van der Waals surface area contributed by atoms with Gasteiger partial charge in [-0.05, 0) is 17.7 Å². The molecule has 3 N–H and O–H groups in total. The van der Waals surface area contributed by atoms with Gasteiger partial charge in [0, 0.05) is 0 Å². The summed E-state index contributed by atoms with van der Waals surface area (Å²) < 4.78 is 15.3. The Hall–Kier alpha value is -3.03. The van der Waals surface area contributed by atoms with Crippen LogP contribution in [0.15, 0.2) is 30.9 Å². The number of fused-ring (bicyclic) bond motifs is 1. The summed E-state index contributed by atoms with van der Waals surface area (Å²) in [7, 11) is 0. The molecule has 3 rings (SSSR count). The number of anilines is 1. The van der Waals surface area contributed by atoms with Crippen LogP contribution in [0.4, 0.5) is 10.2 Å². The fraction of sp³-hybridized carbons (Fsp3) is 0.0769. The van der Waals surface area contributed by atoms with Gasteiger partial charge in [-0.2, -0.15) is 0 Å². The molecular formula is C13H10FN5O2. The number of nitrogen functional groups attached to an aromatic ring is 1.